The molecule has 0 radical (unpaired) electrons. The van der Waals surface area contributed by atoms with E-state index in [1.54, 1.807) is 18.2 Å². The molecule has 0 aliphatic carbocycles. The minimum absolute atomic E-state index is 0.0985. The van der Waals surface area contributed by atoms with E-state index in [1.165, 1.54) is 0 Å². The molecule has 1 aromatic carbocycles. The first-order valence-electron chi connectivity index (χ1n) is 9.96. The molecule has 1 saturated heterocycles. The van der Waals surface area contributed by atoms with Crippen molar-refractivity contribution in [3.63, 3.8) is 0 Å². The Balaban J connectivity index is 1.67. The number of hydrogen-bond acceptors (Lipinski definition) is 4. The number of carboxylic acid groups (broad SMARTS) is 1. The number of carboxylic acids is 1. The second-order valence-electron chi connectivity index (χ2n) is 7.23. The molecule has 162 valence electrons. The highest BCUT2D eigenvalue weighted by molar-refractivity contribution is 6.35. The van der Waals surface area contributed by atoms with Gasteiger partial charge in [0.25, 0.3) is 0 Å². The van der Waals surface area contributed by atoms with E-state index in [-0.39, 0.29) is 18.5 Å². The number of halogens is 2. The highest BCUT2D eigenvalue weighted by Gasteiger charge is 2.37. The maximum atomic E-state index is 11.8. The first-order chi connectivity index (χ1) is 13.9. The summed E-state index contributed by atoms with van der Waals surface area (Å²) in [6.07, 6.45) is 6.48. The number of unbranched alkanes of at least 4 members (excludes halogenated alkanes) is 4. The smallest absolute Gasteiger partial charge is 0.341 e. The van der Waals surface area contributed by atoms with Crippen molar-refractivity contribution in [3.05, 3.63) is 28.2 Å². The number of benzene rings is 1. The summed E-state index contributed by atoms with van der Waals surface area (Å²) >= 11 is 11.9. The summed E-state index contributed by atoms with van der Waals surface area (Å²) in [5, 5.41) is 23.3. The van der Waals surface area contributed by atoms with Crippen LogP contribution in [0.15, 0.2) is 18.2 Å². The van der Waals surface area contributed by atoms with E-state index in [4.69, 9.17) is 33.0 Å². The molecule has 1 aromatic rings. The minimum atomic E-state index is -0.772. The largest absolute Gasteiger partial charge is 0.492 e. The number of urea groups is 1. The monoisotopic (exact) mass is 446 g/mol. The molecule has 0 spiro atoms. The SMILES string of the molecule is O=C(O)CCCCCCC1NC(=O)N(O)C1CCCCOc1ccc(Cl)cc1Cl. The number of aliphatic carboxylic acids is 1. The van der Waals surface area contributed by atoms with Crippen molar-refractivity contribution in [1.82, 2.24) is 10.4 Å². The van der Waals surface area contributed by atoms with E-state index in [0.29, 0.717) is 35.2 Å². The van der Waals surface area contributed by atoms with Crippen LogP contribution < -0.4 is 10.1 Å². The van der Waals surface area contributed by atoms with Gasteiger partial charge in [-0.2, -0.15) is 0 Å². The number of ether oxygens (including phenoxy) is 1. The van der Waals surface area contributed by atoms with E-state index >= 15 is 0 Å². The van der Waals surface area contributed by atoms with Crippen LogP contribution in [0.5, 0.6) is 5.75 Å². The van der Waals surface area contributed by atoms with Crippen molar-refractivity contribution in [2.45, 2.75) is 69.9 Å². The molecule has 2 unspecified atom stereocenters. The number of nitrogens with one attached hydrogen (secondary N) is 1. The minimum Gasteiger partial charge on any atom is -0.492 e. The van der Waals surface area contributed by atoms with Gasteiger partial charge in [-0.05, 0) is 50.3 Å². The molecule has 1 aliphatic rings. The van der Waals surface area contributed by atoms with Gasteiger partial charge in [-0.15, -0.1) is 0 Å². The summed E-state index contributed by atoms with van der Waals surface area (Å²) in [6.45, 7) is 0.481. The van der Waals surface area contributed by atoms with Gasteiger partial charge < -0.3 is 15.2 Å². The van der Waals surface area contributed by atoms with Crippen LogP contribution in [0.4, 0.5) is 4.79 Å². The Kier molecular flexibility index (Phi) is 9.84. The summed E-state index contributed by atoms with van der Waals surface area (Å²) in [4.78, 5) is 22.3. The third-order valence-electron chi connectivity index (χ3n) is 5.00. The molecule has 1 heterocycles. The van der Waals surface area contributed by atoms with Crippen LogP contribution >= 0.6 is 23.2 Å². The summed E-state index contributed by atoms with van der Waals surface area (Å²) in [6, 6.07) is 4.25. The highest BCUT2D eigenvalue weighted by atomic mass is 35.5. The molecule has 2 atom stereocenters. The first kappa shape index (κ1) is 23.6. The molecule has 0 aromatic heterocycles. The van der Waals surface area contributed by atoms with E-state index < -0.39 is 12.0 Å². The number of amides is 2. The van der Waals surface area contributed by atoms with Gasteiger partial charge in [-0.1, -0.05) is 42.5 Å². The van der Waals surface area contributed by atoms with Crippen LogP contribution in [-0.2, 0) is 4.79 Å². The van der Waals surface area contributed by atoms with Crippen molar-refractivity contribution < 1.29 is 24.6 Å². The van der Waals surface area contributed by atoms with E-state index in [0.717, 1.165) is 43.6 Å². The lowest BCUT2D eigenvalue weighted by atomic mass is 9.97. The third kappa shape index (κ3) is 7.91. The van der Waals surface area contributed by atoms with Gasteiger partial charge in [0.05, 0.1) is 23.7 Å². The van der Waals surface area contributed by atoms with Gasteiger partial charge in [-0.3, -0.25) is 10.0 Å². The fraction of sp³-hybridized carbons (Fsp3) is 0.600. The van der Waals surface area contributed by atoms with Crippen LogP contribution in [0, 0.1) is 0 Å². The molecule has 2 rings (SSSR count). The first-order valence-corrected chi connectivity index (χ1v) is 10.7. The molecule has 9 heteroatoms. The summed E-state index contributed by atoms with van der Waals surface area (Å²) in [5.41, 5.74) is 0. The zero-order valence-corrected chi connectivity index (χ0v) is 17.8. The van der Waals surface area contributed by atoms with Crippen molar-refractivity contribution in [1.29, 1.82) is 0 Å². The van der Waals surface area contributed by atoms with Gasteiger partial charge >= 0.3 is 12.0 Å². The average Bonchev–Trinajstić information content (AvgIpc) is 2.93. The van der Waals surface area contributed by atoms with Crippen LogP contribution in [-0.4, -0.2) is 46.1 Å². The Labute approximate surface area is 180 Å². The zero-order valence-electron chi connectivity index (χ0n) is 16.3. The number of nitrogens with zero attached hydrogens (tertiary/aromatic N) is 1. The van der Waals surface area contributed by atoms with Gasteiger partial charge in [0, 0.05) is 11.4 Å². The standard InChI is InChI=1S/C20H28Cl2N2O5/c21-14-10-11-18(15(22)13-14)29-12-6-5-8-17-16(23-20(27)24(17)28)7-3-1-2-4-9-19(25)26/h10-11,13,16-17,28H,1-9,12H2,(H,23,27)(H,25,26). The average molecular weight is 447 g/mol. The van der Waals surface area contributed by atoms with Gasteiger partial charge in [0.15, 0.2) is 0 Å². The molecule has 1 aliphatic heterocycles. The van der Waals surface area contributed by atoms with Crippen molar-refractivity contribution in [2.24, 2.45) is 0 Å². The molecule has 2 amide bonds. The lowest BCUT2D eigenvalue weighted by Crippen LogP contribution is -2.34. The summed E-state index contributed by atoms with van der Waals surface area (Å²) in [5.74, 6) is -0.190. The maximum Gasteiger partial charge on any atom is 0.341 e. The van der Waals surface area contributed by atoms with Crippen molar-refractivity contribution in [3.8, 4) is 5.75 Å². The molecule has 7 nitrogen and oxygen atoms in total. The lowest BCUT2D eigenvalue weighted by Gasteiger charge is -2.21. The predicted octanol–water partition coefficient (Wildman–Crippen LogP) is 5.12. The normalized spacial score (nSPS) is 18.7. The molecule has 0 bridgehead atoms. The van der Waals surface area contributed by atoms with E-state index in [9.17, 15) is 14.8 Å². The van der Waals surface area contributed by atoms with Crippen LogP contribution in [0.1, 0.15) is 57.8 Å². The van der Waals surface area contributed by atoms with Crippen LogP contribution in [0.25, 0.3) is 0 Å². The van der Waals surface area contributed by atoms with Gasteiger partial charge in [0.2, 0.25) is 0 Å². The Hall–Kier alpha value is -1.70. The zero-order chi connectivity index (χ0) is 21.2. The van der Waals surface area contributed by atoms with Crippen LogP contribution in [0.2, 0.25) is 10.0 Å². The number of carbonyl (C=O) groups is 2. The molecule has 3 N–H and O–H groups in total. The summed E-state index contributed by atoms with van der Waals surface area (Å²) in [7, 11) is 0. The van der Waals surface area contributed by atoms with Gasteiger partial charge in [0.1, 0.15) is 5.75 Å². The molecule has 0 saturated carbocycles. The fourth-order valence-corrected chi connectivity index (χ4v) is 3.92. The van der Waals surface area contributed by atoms with Crippen molar-refractivity contribution >= 4 is 35.2 Å². The highest BCUT2D eigenvalue weighted by Crippen LogP contribution is 2.28. The van der Waals surface area contributed by atoms with E-state index in [2.05, 4.69) is 5.32 Å². The molecular weight excluding hydrogens is 419 g/mol. The fourth-order valence-electron chi connectivity index (χ4n) is 3.45. The Morgan fingerprint density at radius 2 is 1.83 bits per heavy atom. The van der Waals surface area contributed by atoms with Gasteiger partial charge in [-0.25, -0.2) is 9.86 Å². The lowest BCUT2D eigenvalue weighted by molar-refractivity contribution is -0.137. The topological polar surface area (TPSA) is 99.1 Å². The van der Waals surface area contributed by atoms with Crippen LogP contribution in [0.3, 0.4) is 0 Å². The quantitative estimate of drug-likeness (QED) is 0.288. The third-order valence-corrected chi connectivity index (χ3v) is 5.53. The number of hydroxylamine groups is 2. The second-order valence-corrected chi connectivity index (χ2v) is 8.08. The Bertz CT molecular complexity index is 689. The van der Waals surface area contributed by atoms with Crippen molar-refractivity contribution in [2.75, 3.05) is 6.61 Å². The number of rotatable bonds is 13. The second kappa shape index (κ2) is 12.1. The molecule has 29 heavy (non-hydrogen) atoms. The maximum absolute atomic E-state index is 11.8. The molecular formula is C20H28Cl2N2O5. The Morgan fingerprint density at radius 3 is 2.55 bits per heavy atom. The van der Waals surface area contributed by atoms with E-state index in [1.807, 2.05) is 0 Å². The Morgan fingerprint density at radius 1 is 1.10 bits per heavy atom. The predicted molar refractivity (Wildman–Crippen MR) is 111 cm³/mol. The number of carbonyl (C=O) groups excluding carboxylic acids is 1. The number of hydrogen-bond donors (Lipinski definition) is 3. The summed E-state index contributed by atoms with van der Waals surface area (Å²) < 4.78 is 5.66. The molecule has 1 fully saturated rings.